The van der Waals surface area contributed by atoms with Gasteiger partial charge in [-0.1, -0.05) is 79.6 Å². The summed E-state index contributed by atoms with van der Waals surface area (Å²) in [6.07, 6.45) is 10.2. The molecular weight excluding hydrogens is 671 g/mol. The van der Waals surface area contributed by atoms with Gasteiger partial charge in [0.1, 0.15) is 12.1 Å². The van der Waals surface area contributed by atoms with Gasteiger partial charge in [-0.05, 0) is 82.5 Å². The molecule has 290 valence electrons. The molecule has 1 heterocycles. The van der Waals surface area contributed by atoms with Crippen LogP contribution < -0.4 is 21.3 Å². The summed E-state index contributed by atoms with van der Waals surface area (Å²) in [4.78, 5) is 70.3. The van der Waals surface area contributed by atoms with Gasteiger partial charge in [-0.3, -0.25) is 19.2 Å². The average molecular weight is 736 g/mol. The molecule has 0 aromatic carbocycles. The minimum Gasteiger partial charge on any atom is -0.347 e. The Hall–Kier alpha value is -2.70. The number of Topliss-reactive ketones (excluding diaryl/α,β-unsaturated/α-hetero) is 1. The second-order valence-corrected chi connectivity index (χ2v) is 21.1. The highest BCUT2D eigenvalue weighted by Gasteiger charge is 2.49. The molecule has 0 aromatic heterocycles. The first-order valence-electron chi connectivity index (χ1n) is 19.4. The standard InChI is InChI=1S/C38H65N5O7S/c1-24(2)27-19-22-43(29(27)32(45)40-28(14-12-13-25-15-16-25)30(44)33(46)39-26-17-18-26)34(47)31(36(3,4)5)41-35(48)42-38(20-10-9-11-21-38)23-51(49,50)37(6,7)8/h24-29,31H,9-23H2,1-8H3,(H,39,46)(H,40,45)(H2,41,42,48)/t27?,28-,29+,31-/m1/s1. The van der Waals surface area contributed by atoms with E-state index in [9.17, 15) is 32.4 Å². The third kappa shape index (κ3) is 10.9. The molecule has 4 fully saturated rings. The molecule has 4 N–H and O–H groups in total. The van der Waals surface area contributed by atoms with E-state index in [0.717, 1.165) is 38.5 Å². The van der Waals surface area contributed by atoms with Gasteiger partial charge in [0.05, 0.1) is 22.1 Å². The van der Waals surface area contributed by atoms with E-state index in [0.29, 0.717) is 44.6 Å². The molecule has 4 rings (SSSR count). The third-order valence-electron chi connectivity index (χ3n) is 11.4. The summed E-state index contributed by atoms with van der Waals surface area (Å²) in [6, 6.07) is -3.51. The van der Waals surface area contributed by atoms with Crippen LogP contribution in [0.15, 0.2) is 0 Å². The Bertz CT molecular complexity index is 1400. The molecule has 0 radical (unpaired) electrons. The number of carbonyl (C=O) groups is 5. The van der Waals surface area contributed by atoms with Crippen molar-refractivity contribution in [1.82, 2.24) is 26.2 Å². The van der Waals surface area contributed by atoms with Gasteiger partial charge in [-0.15, -0.1) is 0 Å². The number of likely N-dealkylation sites (tertiary alicyclic amines) is 1. The fraction of sp³-hybridized carbons (Fsp3) is 0.868. The van der Waals surface area contributed by atoms with Crippen molar-refractivity contribution in [1.29, 1.82) is 0 Å². The zero-order valence-corrected chi connectivity index (χ0v) is 33.2. The Morgan fingerprint density at radius 2 is 1.49 bits per heavy atom. The van der Waals surface area contributed by atoms with Crippen molar-refractivity contribution in [2.75, 3.05) is 12.3 Å². The minimum absolute atomic E-state index is 0.00690. The second-order valence-electron chi connectivity index (χ2n) is 18.3. The normalized spacial score (nSPS) is 23.7. The molecule has 5 amide bonds. The van der Waals surface area contributed by atoms with Crippen molar-refractivity contribution in [3.8, 4) is 0 Å². The molecule has 3 saturated carbocycles. The SMILES string of the molecule is CC(C)C1CCN(C(=O)[C@@H](NC(=O)NC2(CS(=O)(=O)C(C)(C)C)CCCCC2)C(C)(C)C)[C@@H]1C(=O)N[C@H](CCCC1CC1)C(=O)C(=O)NC1CC1. The minimum atomic E-state index is -3.56. The molecule has 1 saturated heterocycles. The van der Waals surface area contributed by atoms with Gasteiger partial charge in [0, 0.05) is 12.6 Å². The molecule has 0 bridgehead atoms. The lowest BCUT2D eigenvalue weighted by molar-refractivity contribution is -0.145. The van der Waals surface area contributed by atoms with Crippen molar-refractivity contribution in [3.05, 3.63) is 0 Å². The lowest BCUT2D eigenvalue weighted by Gasteiger charge is -2.41. The van der Waals surface area contributed by atoms with Crippen molar-refractivity contribution >= 4 is 39.4 Å². The van der Waals surface area contributed by atoms with Gasteiger partial charge in [-0.25, -0.2) is 13.2 Å². The predicted octanol–water partition coefficient (Wildman–Crippen LogP) is 4.40. The number of hydrogen-bond acceptors (Lipinski definition) is 7. The average Bonchev–Trinajstić information content (AvgIpc) is 3.96. The van der Waals surface area contributed by atoms with E-state index >= 15 is 0 Å². The number of nitrogens with zero attached hydrogens (tertiary/aromatic N) is 1. The molecule has 12 nitrogen and oxygen atoms in total. The fourth-order valence-corrected chi connectivity index (χ4v) is 9.14. The lowest BCUT2D eigenvalue weighted by Crippen LogP contribution is -2.64. The summed E-state index contributed by atoms with van der Waals surface area (Å²) < 4.78 is 25.7. The molecule has 4 atom stereocenters. The van der Waals surface area contributed by atoms with E-state index in [1.165, 1.54) is 17.7 Å². The number of rotatable bonds is 15. The highest BCUT2D eigenvalue weighted by Crippen LogP contribution is 2.36. The summed E-state index contributed by atoms with van der Waals surface area (Å²) >= 11 is 0. The van der Waals surface area contributed by atoms with Crippen molar-refractivity contribution in [2.45, 2.75) is 173 Å². The highest BCUT2D eigenvalue weighted by atomic mass is 32.2. The molecule has 0 spiro atoms. The predicted molar refractivity (Wildman–Crippen MR) is 197 cm³/mol. The first-order chi connectivity index (χ1) is 23.6. The lowest BCUT2D eigenvalue weighted by atomic mass is 9.83. The Balaban J connectivity index is 1.53. The van der Waals surface area contributed by atoms with E-state index < -0.39 is 73.2 Å². The summed E-state index contributed by atoms with van der Waals surface area (Å²) in [5.74, 6) is -1.91. The molecule has 13 heteroatoms. The first kappa shape index (κ1) is 41.1. The smallest absolute Gasteiger partial charge is 0.315 e. The van der Waals surface area contributed by atoms with Crippen LogP contribution in [0.5, 0.6) is 0 Å². The summed E-state index contributed by atoms with van der Waals surface area (Å²) in [5, 5.41) is 11.6. The Labute approximate surface area is 306 Å². The number of ketones is 1. The van der Waals surface area contributed by atoms with Crippen molar-refractivity contribution < 1.29 is 32.4 Å². The van der Waals surface area contributed by atoms with Crippen LogP contribution in [-0.4, -0.2) is 89.6 Å². The van der Waals surface area contributed by atoms with E-state index in [1.54, 1.807) is 20.8 Å². The van der Waals surface area contributed by atoms with Gasteiger partial charge in [0.25, 0.3) is 5.91 Å². The molecule has 51 heavy (non-hydrogen) atoms. The zero-order chi connectivity index (χ0) is 37.9. The first-order valence-corrected chi connectivity index (χ1v) is 21.1. The van der Waals surface area contributed by atoms with Crippen LogP contribution in [0, 0.1) is 23.2 Å². The fourth-order valence-electron chi connectivity index (χ4n) is 7.62. The number of nitrogens with one attached hydrogen (secondary N) is 4. The largest absolute Gasteiger partial charge is 0.347 e. The molecule has 1 aliphatic heterocycles. The molecule has 0 aromatic rings. The van der Waals surface area contributed by atoms with Gasteiger partial charge in [0.2, 0.25) is 17.6 Å². The van der Waals surface area contributed by atoms with Crippen molar-refractivity contribution in [2.24, 2.45) is 23.2 Å². The number of sulfone groups is 1. The van der Waals surface area contributed by atoms with Gasteiger partial charge in [-0.2, -0.15) is 0 Å². The zero-order valence-electron chi connectivity index (χ0n) is 32.4. The molecule has 1 unspecified atom stereocenters. The van der Waals surface area contributed by atoms with Crippen LogP contribution in [0.3, 0.4) is 0 Å². The van der Waals surface area contributed by atoms with Crippen LogP contribution in [0.2, 0.25) is 0 Å². The van der Waals surface area contributed by atoms with Crippen LogP contribution >= 0.6 is 0 Å². The molecular formula is C38H65N5O7S. The van der Waals surface area contributed by atoms with Crippen LogP contribution in [0.4, 0.5) is 4.79 Å². The van der Waals surface area contributed by atoms with Crippen LogP contribution in [-0.2, 0) is 29.0 Å². The second kappa shape index (κ2) is 16.1. The third-order valence-corrected chi connectivity index (χ3v) is 14.2. The van der Waals surface area contributed by atoms with E-state index in [4.69, 9.17) is 0 Å². The Morgan fingerprint density at radius 3 is 2.02 bits per heavy atom. The van der Waals surface area contributed by atoms with Crippen molar-refractivity contribution in [3.63, 3.8) is 0 Å². The molecule has 4 aliphatic rings. The number of amides is 5. The summed E-state index contributed by atoms with van der Waals surface area (Å²) in [7, 11) is -3.56. The monoisotopic (exact) mass is 735 g/mol. The maximum atomic E-state index is 14.5. The number of urea groups is 1. The Morgan fingerprint density at radius 1 is 0.863 bits per heavy atom. The highest BCUT2D eigenvalue weighted by molar-refractivity contribution is 7.92. The summed E-state index contributed by atoms with van der Waals surface area (Å²) in [6.45, 7) is 14.8. The topological polar surface area (TPSA) is 171 Å². The van der Waals surface area contributed by atoms with Crippen LogP contribution in [0.1, 0.15) is 139 Å². The number of carbonyl (C=O) groups excluding carboxylic acids is 5. The maximum absolute atomic E-state index is 14.5. The molecule has 3 aliphatic carbocycles. The number of hydrogen-bond donors (Lipinski definition) is 4. The van der Waals surface area contributed by atoms with Gasteiger partial charge >= 0.3 is 6.03 Å². The maximum Gasteiger partial charge on any atom is 0.315 e. The quantitative estimate of drug-likeness (QED) is 0.181. The van der Waals surface area contributed by atoms with Crippen LogP contribution in [0.25, 0.3) is 0 Å². The van der Waals surface area contributed by atoms with Gasteiger partial charge < -0.3 is 26.2 Å². The van der Waals surface area contributed by atoms with E-state index in [2.05, 4.69) is 21.3 Å². The van der Waals surface area contributed by atoms with E-state index in [1.807, 2.05) is 34.6 Å². The van der Waals surface area contributed by atoms with Gasteiger partial charge in [0.15, 0.2) is 9.84 Å². The summed E-state index contributed by atoms with van der Waals surface area (Å²) in [5.41, 5.74) is -1.71. The van der Waals surface area contributed by atoms with E-state index in [-0.39, 0.29) is 23.6 Å². The Kier molecular flexibility index (Phi) is 13.0.